The van der Waals surface area contributed by atoms with E-state index in [0.717, 1.165) is 22.1 Å². The number of hydrogen-bond acceptors (Lipinski definition) is 4. The van der Waals surface area contributed by atoms with E-state index < -0.39 is 0 Å². The Morgan fingerprint density at radius 2 is 2.09 bits per heavy atom. The van der Waals surface area contributed by atoms with Gasteiger partial charge in [0.25, 0.3) is 0 Å². The fraction of sp³-hybridized carbons (Fsp3) is 0.176. The van der Waals surface area contributed by atoms with Gasteiger partial charge in [0.05, 0.1) is 18.5 Å². The Hall–Kier alpha value is -2.60. The van der Waals surface area contributed by atoms with Crippen molar-refractivity contribution in [2.75, 3.05) is 5.32 Å². The molecule has 3 aromatic rings. The van der Waals surface area contributed by atoms with Gasteiger partial charge in [-0.2, -0.15) is 0 Å². The second-order valence-electron chi connectivity index (χ2n) is 5.32. The number of thiazole rings is 1. The SMILES string of the molecule is Cc1cc(C)cc(NC(N)=NCc2csc(-c3ccco3)n2)c1. The first-order valence-corrected chi connectivity index (χ1v) is 8.11. The first-order valence-electron chi connectivity index (χ1n) is 7.23. The lowest BCUT2D eigenvalue weighted by Gasteiger charge is -2.07. The van der Waals surface area contributed by atoms with E-state index in [0.29, 0.717) is 12.5 Å². The number of aryl methyl sites for hydroxylation is 2. The minimum absolute atomic E-state index is 0.377. The van der Waals surface area contributed by atoms with Gasteiger partial charge in [0.15, 0.2) is 16.7 Å². The Bertz CT molecular complexity index is 801. The molecule has 6 heteroatoms. The van der Waals surface area contributed by atoms with E-state index in [1.807, 2.05) is 29.6 Å². The molecule has 118 valence electrons. The molecule has 0 amide bonds. The summed E-state index contributed by atoms with van der Waals surface area (Å²) >= 11 is 1.53. The zero-order valence-corrected chi connectivity index (χ0v) is 13.9. The maximum atomic E-state index is 5.95. The summed E-state index contributed by atoms with van der Waals surface area (Å²) in [5.74, 6) is 1.15. The molecule has 0 saturated carbocycles. The van der Waals surface area contributed by atoms with Gasteiger partial charge in [0.1, 0.15) is 0 Å². The summed E-state index contributed by atoms with van der Waals surface area (Å²) in [7, 11) is 0. The smallest absolute Gasteiger partial charge is 0.193 e. The Morgan fingerprint density at radius 3 is 2.78 bits per heavy atom. The Kier molecular flexibility index (Phi) is 4.43. The highest BCUT2D eigenvalue weighted by molar-refractivity contribution is 7.13. The van der Waals surface area contributed by atoms with E-state index in [1.165, 1.54) is 22.5 Å². The summed E-state index contributed by atoms with van der Waals surface area (Å²) in [4.78, 5) is 8.83. The van der Waals surface area contributed by atoms with Gasteiger partial charge in [-0.1, -0.05) is 6.07 Å². The van der Waals surface area contributed by atoms with E-state index in [9.17, 15) is 0 Å². The number of benzene rings is 1. The third-order valence-electron chi connectivity index (χ3n) is 3.19. The van der Waals surface area contributed by atoms with Gasteiger partial charge in [-0.3, -0.25) is 0 Å². The summed E-state index contributed by atoms with van der Waals surface area (Å²) in [6.07, 6.45) is 1.64. The standard InChI is InChI=1S/C17H18N4OS/c1-11-6-12(2)8-13(7-11)21-17(18)19-9-14-10-23-16(20-14)15-4-3-5-22-15/h3-8,10H,9H2,1-2H3,(H3,18,19,21). The first-order chi connectivity index (χ1) is 11.1. The number of nitrogens with one attached hydrogen (secondary N) is 1. The topological polar surface area (TPSA) is 76.4 Å². The molecule has 3 N–H and O–H groups in total. The molecule has 0 unspecified atom stereocenters. The van der Waals surface area contributed by atoms with Crippen LogP contribution in [0.4, 0.5) is 5.69 Å². The maximum absolute atomic E-state index is 5.95. The van der Waals surface area contributed by atoms with Gasteiger partial charge >= 0.3 is 0 Å². The first kappa shape index (κ1) is 15.3. The quantitative estimate of drug-likeness (QED) is 0.562. The molecular weight excluding hydrogens is 308 g/mol. The minimum atomic E-state index is 0.377. The van der Waals surface area contributed by atoms with Gasteiger partial charge in [-0.25, -0.2) is 9.98 Å². The Balaban J connectivity index is 1.65. The number of anilines is 1. The number of nitrogens with two attached hydrogens (primary N) is 1. The van der Waals surface area contributed by atoms with Crippen LogP contribution in [-0.4, -0.2) is 10.9 Å². The minimum Gasteiger partial charge on any atom is -0.462 e. The van der Waals surface area contributed by atoms with E-state index >= 15 is 0 Å². The molecule has 0 bridgehead atoms. The molecule has 0 atom stereocenters. The number of aromatic nitrogens is 1. The molecule has 0 fully saturated rings. The van der Waals surface area contributed by atoms with Crippen LogP contribution in [0, 0.1) is 13.8 Å². The molecule has 0 aliphatic rings. The number of hydrogen-bond donors (Lipinski definition) is 2. The fourth-order valence-electron chi connectivity index (χ4n) is 2.29. The molecule has 2 aromatic heterocycles. The van der Waals surface area contributed by atoms with Gasteiger partial charge < -0.3 is 15.5 Å². The van der Waals surface area contributed by atoms with Crippen molar-refractivity contribution in [2.45, 2.75) is 20.4 Å². The second kappa shape index (κ2) is 6.66. The van der Waals surface area contributed by atoms with Crippen LogP contribution in [0.25, 0.3) is 10.8 Å². The van der Waals surface area contributed by atoms with Crippen LogP contribution in [-0.2, 0) is 6.54 Å². The van der Waals surface area contributed by atoms with Crippen LogP contribution < -0.4 is 11.1 Å². The van der Waals surface area contributed by atoms with Crippen molar-refractivity contribution >= 4 is 23.0 Å². The van der Waals surface area contributed by atoms with Gasteiger partial charge in [0.2, 0.25) is 0 Å². The largest absolute Gasteiger partial charge is 0.462 e. The molecular formula is C17H18N4OS. The Labute approximate surface area is 138 Å². The van der Waals surface area contributed by atoms with Crippen LogP contribution in [0.2, 0.25) is 0 Å². The van der Waals surface area contributed by atoms with Crippen LogP contribution in [0.5, 0.6) is 0 Å². The van der Waals surface area contributed by atoms with Gasteiger partial charge in [-0.15, -0.1) is 11.3 Å². The van der Waals surface area contributed by atoms with Crippen molar-refractivity contribution < 1.29 is 4.42 Å². The zero-order valence-electron chi connectivity index (χ0n) is 13.0. The van der Waals surface area contributed by atoms with Crippen molar-refractivity contribution in [1.29, 1.82) is 0 Å². The van der Waals surface area contributed by atoms with Crippen molar-refractivity contribution in [3.8, 4) is 10.8 Å². The lowest BCUT2D eigenvalue weighted by molar-refractivity contribution is 0.581. The number of nitrogens with zero attached hydrogens (tertiary/aromatic N) is 2. The van der Waals surface area contributed by atoms with Gasteiger partial charge in [0, 0.05) is 11.1 Å². The van der Waals surface area contributed by atoms with E-state index in [2.05, 4.69) is 35.2 Å². The summed E-state index contributed by atoms with van der Waals surface area (Å²) in [5.41, 5.74) is 10.1. The summed E-state index contributed by atoms with van der Waals surface area (Å²) in [6, 6.07) is 9.92. The highest BCUT2D eigenvalue weighted by Crippen LogP contribution is 2.24. The van der Waals surface area contributed by atoms with Crippen molar-refractivity contribution in [1.82, 2.24) is 4.98 Å². The predicted octanol–water partition coefficient (Wildman–Crippen LogP) is 3.95. The molecule has 3 rings (SSSR count). The fourth-order valence-corrected chi connectivity index (χ4v) is 3.07. The molecule has 5 nitrogen and oxygen atoms in total. The number of aliphatic imine (C=N–C) groups is 1. The summed E-state index contributed by atoms with van der Waals surface area (Å²) < 4.78 is 5.33. The maximum Gasteiger partial charge on any atom is 0.193 e. The highest BCUT2D eigenvalue weighted by atomic mass is 32.1. The van der Waals surface area contributed by atoms with E-state index in [4.69, 9.17) is 10.2 Å². The average molecular weight is 326 g/mol. The third-order valence-corrected chi connectivity index (χ3v) is 4.09. The van der Waals surface area contributed by atoms with Crippen molar-refractivity contribution in [2.24, 2.45) is 10.7 Å². The number of furan rings is 1. The third kappa shape index (κ3) is 3.98. The van der Waals surface area contributed by atoms with Crippen molar-refractivity contribution in [3.63, 3.8) is 0 Å². The molecule has 1 aromatic carbocycles. The lowest BCUT2D eigenvalue weighted by Crippen LogP contribution is -2.22. The lowest BCUT2D eigenvalue weighted by atomic mass is 10.1. The number of guanidine groups is 1. The van der Waals surface area contributed by atoms with E-state index in [-0.39, 0.29) is 0 Å². The highest BCUT2D eigenvalue weighted by Gasteiger charge is 2.06. The zero-order chi connectivity index (χ0) is 16.2. The van der Waals surface area contributed by atoms with E-state index in [1.54, 1.807) is 6.26 Å². The van der Waals surface area contributed by atoms with Crippen LogP contribution in [0.1, 0.15) is 16.8 Å². The van der Waals surface area contributed by atoms with Crippen LogP contribution in [0.15, 0.2) is 51.4 Å². The van der Waals surface area contributed by atoms with Crippen LogP contribution in [0.3, 0.4) is 0 Å². The average Bonchev–Trinajstić information content (AvgIpc) is 3.15. The second-order valence-corrected chi connectivity index (χ2v) is 6.18. The van der Waals surface area contributed by atoms with Crippen LogP contribution >= 0.6 is 11.3 Å². The molecule has 0 spiro atoms. The monoisotopic (exact) mass is 326 g/mol. The number of rotatable bonds is 4. The molecule has 0 aliphatic carbocycles. The molecule has 23 heavy (non-hydrogen) atoms. The Morgan fingerprint density at radius 1 is 1.30 bits per heavy atom. The van der Waals surface area contributed by atoms with Gasteiger partial charge in [-0.05, 0) is 49.2 Å². The summed E-state index contributed by atoms with van der Waals surface area (Å²) in [5, 5.41) is 5.92. The molecule has 0 radical (unpaired) electrons. The molecule has 0 saturated heterocycles. The molecule has 2 heterocycles. The predicted molar refractivity (Wildman–Crippen MR) is 94.7 cm³/mol. The normalized spacial score (nSPS) is 11.7. The summed E-state index contributed by atoms with van der Waals surface area (Å²) in [6.45, 7) is 4.54. The molecule has 0 aliphatic heterocycles. The van der Waals surface area contributed by atoms with Crippen molar-refractivity contribution in [3.05, 3.63) is 58.8 Å².